The molecule has 0 radical (unpaired) electrons. The lowest BCUT2D eigenvalue weighted by atomic mass is 10.1. The van der Waals surface area contributed by atoms with Crippen molar-refractivity contribution in [1.29, 1.82) is 0 Å². The summed E-state index contributed by atoms with van der Waals surface area (Å²) in [5, 5.41) is 2.87. The van der Waals surface area contributed by atoms with E-state index in [1.54, 1.807) is 0 Å². The minimum Gasteiger partial charge on any atom is -0.492 e. The molecule has 2 aromatic carbocycles. The second-order valence-electron chi connectivity index (χ2n) is 5.18. The Kier molecular flexibility index (Phi) is 5.38. The zero-order valence-electron chi connectivity index (χ0n) is 12.6. The second-order valence-corrected chi connectivity index (χ2v) is 5.18. The Morgan fingerprint density at radius 1 is 1.05 bits per heavy atom. The van der Waals surface area contributed by atoms with Gasteiger partial charge in [-0.3, -0.25) is 4.79 Å². The number of rotatable bonds is 6. The van der Waals surface area contributed by atoms with Gasteiger partial charge in [-0.1, -0.05) is 42.0 Å². The third-order valence-electron chi connectivity index (χ3n) is 3.13. The molecule has 0 spiro atoms. The molecular formula is C18H21NO2. The van der Waals surface area contributed by atoms with Crippen molar-refractivity contribution in [2.45, 2.75) is 20.3 Å². The van der Waals surface area contributed by atoms with Crippen molar-refractivity contribution in [3.63, 3.8) is 0 Å². The maximum absolute atomic E-state index is 11.8. The summed E-state index contributed by atoms with van der Waals surface area (Å²) in [5.74, 6) is 0.858. The van der Waals surface area contributed by atoms with Crippen molar-refractivity contribution >= 4 is 5.91 Å². The number of amides is 1. The van der Waals surface area contributed by atoms with Crippen LogP contribution in [0.25, 0.3) is 0 Å². The number of carbonyl (C=O) groups is 1. The highest BCUT2D eigenvalue weighted by atomic mass is 16.5. The Bertz CT molecular complexity index is 608. The predicted molar refractivity (Wildman–Crippen MR) is 84.6 cm³/mol. The SMILES string of the molecule is Cc1cccc(CC(=O)NCCOc2cccc(C)c2)c1. The van der Waals surface area contributed by atoms with E-state index in [4.69, 9.17) is 4.74 Å². The van der Waals surface area contributed by atoms with Crippen LogP contribution in [0.4, 0.5) is 0 Å². The van der Waals surface area contributed by atoms with Crippen molar-refractivity contribution in [1.82, 2.24) is 5.32 Å². The van der Waals surface area contributed by atoms with Gasteiger partial charge < -0.3 is 10.1 Å². The topological polar surface area (TPSA) is 38.3 Å². The van der Waals surface area contributed by atoms with E-state index in [9.17, 15) is 4.79 Å². The minimum atomic E-state index is 0.0217. The second kappa shape index (κ2) is 7.48. The number of aryl methyl sites for hydroxylation is 2. The largest absolute Gasteiger partial charge is 0.492 e. The summed E-state index contributed by atoms with van der Waals surface area (Å²) in [6.07, 6.45) is 0.409. The Morgan fingerprint density at radius 2 is 1.76 bits per heavy atom. The van der Waals surface area contributed by atoms with Gasteiger partial charge in [-0.2, -0.15) is 0 Å². The summed E-state index contributed by atoms with van der Waals surface area (Å²) < 4.78 is 5.59. The number of ether oxygens (including phenoxy) is 1. The molecule has 0 saturated carbocycles. The summed E-state index contributed by atoms with van der Waals surface area (Å²) in [4.78, 5) is 11.8. The van der Waals surface area contributed by atoms with Crippen LogP contribution in [-0.4, -0.2) is 19.1 Å². The van der Waals surface area contributed by atoms with Crippen LogP contribution in [-0.2, 0) is 11.2 Å². The molecule has 0 heterocycles. The molecule has 0 atom stereocenters. The van der Waals surface area contributed by atoms with Crippen LogP contribution in [0.5, 0.6) is 5.75 Å². The fourth-order valence-electron chi connectivity index (χ4n) is 2.13. The molecule has 0 fully saturated rings. The maximum atomic E-state index is 11.8. The standard InChI is InChI=1S/C18H21NO2/c1-14-5-3-7-16(11-14)13-18(20)19-9-10-21-17-8-4-6-15(2)12-17/h3-8,11-12H,9-10,13H2,1-2H3,(H,19,20). The first-order valence-electron chi connectivity index (χ1n) is 7.15. The molecule has 110 valence electrons. The summed E-state index contributed by atoms with van der Waals surface area (Å²) in [6.45, 7) is 5.04. The van der Waals surface area contributed by atoms with Gasteiger partial charge in [0.15, 0.2) is 0 Å². The number of nitrogens with one attached hydrogen (secondary N) is 1. The van der Waals surface area contributed by atoms with Crippen molar-refractivity contribution in [2.75, 3.05) is 13.2 Å². The monoisotopic (exact) mass is 283 g/mol. The Morgan fingerprint density at radius 3 is 2.48 bits per heavy atom. The van der Waals surface area contributed by atoms with Crippen molar-refractivity contribution in [3.8, 4) is 5.75 Å². The lowest BCUT2D eigenvalue weighted by Gasteiger charge is -2.08. The van der Waals surface area contributed by atoms with Gasteiger partial charge in [-0.05, 0) is 37.1 Å². The molecule has 1 N–H and O–H groups in total. The van der Waals surface area contributed by atoms with Gasteiger partial charge in [0, 0.05) is 0 Å². The van der Waals surface area contributed by atoms with E-state index in [0.29, 0.717) is 19.6 Å². The molecule has 0 aliphatic heterocycles. The fraction of sp³-hybridized carbons (Fsp3) is 0.278. The van der Waals surface area contributed by atoms with Gasteiger partial charge in [0.25, 0.3) is 0 Å². The normalized spacial score (nSPS) is 10.2. The van der Waals surface area contributed by atoms with Crippen LogP contribution in [0, 0.1) is 13.8 Å². The smallest absolute Gasteiger partial charge is 0.224 e. The first-order chi connectivity index (χ1) is 10.1. The highest BCUT2D eigenvalue weighted by Crippen LogP contribution is 2.11. The van der Waals surface area contributed by atoms with Gasteiger partial charge >= 0.3 is 0 Å². The van der Waals surface area contributed by atoms with Crippen molar-refractivity contribution in [2.24, 2.45) is 0 Å². The van der Waals surface area contributed by atoms with Crippen LogP contribution in [0.2, 0.25) is 0 Å². The van der Waals surface area contributed by atoms with Crippen LogP contribution in [0.3, 0.4) is 0 Å². The average molecular weight is 283 g/mol. The molecule has 3 heteroatoms. The zero-order valence-corrected chi connectivity index (χ0v) is 12.6. The lowest BCUT2D eigenvalue weighted by Crippen LogP contribution is -2.29. The molecular weight excluding hydrogens is 262 g/mol. The van der Waals surface area contributed by atoms with E-state index in [0.717, 1.165) is 16.9 Å². The molecule has 0 bridgehead atoms. The molecule has 0 saturated heterocycles. The third kappa shape index (κ3) is 5.30. The van der Waals surface area contributed by atoms with E-state index in [-0.39, 0.29) is 5.91 Å². The predicted octanol–water partition coefficient (Wildman–Crippen LogP) is 3.04. The quantitative estimate of drug-likeness (QED) is 0.828. The summed E-state index contributed by atoms with van der Waals surface area (Å²) in [5.41, 5.74) is 3.37. The van der Waals surface area contributed by atoms with Gasteiger partial charge in [0.05, 0.1) is 13.0 Å². The third-order valence-corrected chi connectivity index (χ3v) is 3.13. The first kappa shape index (κ1) is 15.1. The maximum Gasteiger partial charge on any atom is 0.224 e. The van der Waals surface area contributed by atoms with Crippen LogP contribution in [0.15, 0.2) is 48.5 Å². The van der Waals surface area contributed by atoms with Gasteiger partial charge in [0.1, 0.15) is 12.4 Å². The van der Waals surface area contributed by atoms with Crippen LogP contribution >= 0.6 is 0 Å². The zero-order chi connectivity index (χ0) is 15.1. The number of hydrogen-bond acceptors (Lipinski definition) is 2. The average Bonchev–Trinajstić information content (AvgIpc) is 2.44. The van der Waals surface area contributed by atoms with E-state index in [1.165, 1.54) is 5.56 Å². The van der Waals surface area contributed by atoms with Crippen LogP contribution in [0.1, 0.15) is 16.7 Å². The molecule has 0 aliphatic rings. The van der Waals surface area contributed by atoms with E-state index < -0.39 is 0 Å². The highest BCUT2D eigenvalue weighted by Gasteiger charge is 2.03. The van der Waals surface area contributed by atoms with Gasteiger partial charge in [-0.15, -0.1) is 0 Å². The van der Waals surface area contributed by atoms with Crippen LogP contribution < -0.4 is 10.1 Å². The summed E-state index contributed by atoms with van der Waals surface area (Å²) in [6, 6.07) is 15.9. The molecule has 2 rings (SSSR count). The van der Waals surface area contributed by atoms with E-state index in [1.807, 2.05) is 62.4 Å². The Labute approximate surface area is 126 Å². The number of benzene rings is 2. The van der Waals surface area contributed by atoms with Gasteiger partial charge in [-0.25, -0.2) is 0 Å². The number of hydrogen-bond donors (Lipinski definition) is 1. The molecule has 3 nitrogen and oxygen atoms in total. The first-order valence-corrected chi connectivity index (χ1v) is 7.15. The molecule has 0 aromatic heterocycles. The van der Waals surface area contributed by atoms with E-state index >= 15 is 0 Å². The molecule has 0 aliphatic carbocycles. The van der Waals surface area contributed by atoms with Crippen molar-refractivity contribution < 1.29 is 9.53 Å². The summed E-state index contributed by atoms with van der Waals surface area (Å²) in [7, 11) is 0. The molecule has 1 amide bonds. The highest BCUT2D eigenvalue weighted by molar-refractivity contribution is 5.78. The van der Waals surface area contributed by atoms with Gasteiger partial charge in [0.2, 0.25) is 5.91 Å². The molecule has 21 heavy (non-hydrogen) atoms. The summed E-state index contributed by atoms with van der Waals surface area (Å²) >= 11 is 0. The molecule has 2 aromatic rings. The Hall–Kier alpha value is -2.29. The Balaban J connectivity index is 1.70. The minimum absolute atomic E-state index is 0.0217. The lowest BCUT2D eigenvalue weighted by molar-refractivity contribution is -0.120. The van der Waals surface area contributed by atoms with Crippen molar-refractivity contribution in [3.05, 3.63) is 65.2 Å². The molecule has 0 unspecified atom stereocenters. The fourth-order valence-corrected chi connectivity index (χ4v) is 2.13. The number of carbonyl (C=O) groups excluding carboxylic acids is 1. The van der Waals surface area contributed by atoms with E-state index in [2.05, 4.69) is 5.32 Å².